The minimum Gasteiger partial charge on any atom is -0.386 e. The number of hydrogen-bond acceptors (Lipinski definition) is 4. The molecule has 5 heteroatoms. The van der Waals surface area contributed by atoms with Gasteiger partial charge in [0, 0.05) is 37.6 Å². The maximum atomic E-state index is 12.9. The number of rotatable bonds is 6. The Hall–Kier alpha value is -1.69. The maximum Gasteiger partial charge on any atom is 0.230 e. The van der Waals surface area contributed by atoms with Gasteiger partial charge in [0.05, 0.1) is 5.92 Å². The van der Waals surface area contributed by atoms with Gasteiger partial charge in [0.25, 0.3) is 0 Å². The van der Waals surface area contributed by atoms with E-state index in [1.54, 1.807) is 11.3 Å². The first-order chi connectivity index (χ1) is 12.2. The van der Waals surface area contributed by atoms with Crippen LogP contribution in [-0.2, 0) is 4.79 Å². The van der Waals surface area contributed by atoms with E-state index in [9.17, 15) is 9.90 Å². The van der Waals surface area contributed by atoms with Gasteiger partial charge in [-0.25, -0.2) is 0 Å². The van der Waals surface area contributed by atoms with Gasteiger partial charge in [-0.3, -0.25) is 9.69 Å². The van der Waals surface area contributed by atoms with Crippen LogP contribution in [0, 0.1) is 0 Å². The Balaban J connectivity index is 1.53. The standard InChI is InChI=1S/C20H26N2O2S/c1-2-17(16-7-4-3-5-8-16)20(24)22-12-10-21(11-13-22)15-18(23)19-9-6-14-25-19/h3-9,14,17-18,23H,2,10-13,15H2,1H3. The molecule has 0 saturated carbocycles. The molecule has 1 aliphatic rings. The summed E-state index contributed by atoms with van der Waals surface area (Å²) in [7, 11) is 0. The molecule has 0 spiro atoms. The summed E-state index contributed by atoms with van der Waals surface area (Å²) in [6.45, 7) is 5.82. The van der Waals surface area contributed by atoms with E-state index in [4.69, 9.17) is 0 Å². The Morgan fingerprint density at radius 1 is 1.12 bits per heavy atom. The van der Waals surface area contributed by atoms with Crippen LogP contribution < -0.4 is 0 Å². The molecule has 1 N–H and O–H groups in total. The van der Waals surface area contributed by atoms with Crippen molar-refractivity contribution < 1.29 is 9.90 Å². The smallest absolute Gasteiger partial charge is 0.230 e. The van der Waals surface area contributed by atoms with Gasteiger partial charge >= 0.3 is 0 Å². The second kappa shape index (κ2) is 8.61. The summed E-state index contributed by atoms with van der Waals surface area (Å²) in [5, 5.41) is 12.3. The average molecular weight is 359 g/mol. The van der Waals surface area contributed by atoms with Crippen LogP contribution in [0.2, 0.25) is 0 Å². The second-order valence-corrected chi connectivity index (χ2v) is 7.51. The first kappa shape index (κ1) is 18.1. The summed E-state index contributed by atoms with van der Waals surface area (Å²) in [6.07, 6.45) is 0.384. The van der Waals surface area contributed by atoms with E-state index in [1.165, 1.54) is 0 Å². The van der Waals surface area contributed by atoms with Gasteiger partial charge in [-0.15, -0.1) is 11.3 Å². The van der Waals surface area contributed by atoms with E-state index in [1.807, 2.05) is 52.7 Å². The number of thiophene rings is 1. The Morgan fingerprint density at radius 2 is 1.84 bits per heavy atom. The number of β-amino-alcohol motifs (C(OH)–C–C–N with tert-alkyl or cyclic N) is 1. The van der Waals surface area contributed by atoms with Crippen LogP contribution in [0.3, 0.4) is 0 Å². The highest BCUT2D eigenvalue weighted by Crippen LogP contribution is 2.24. The first-order valence-electron chi connectivity index (χ1n) is 8.96. The summed E-state index contributed by atoms with van der Waals surface area (Å²) < 4.78 is 0. The molecule has 3 rings (SSSR count). The summed E-state index contributed by atoms with van der Waals surface area (Å²) in [6, 6.07) is 14.0. The quantitative estimate of drug-likeness (QED) is 0.863. The molecule has 1 aromatic heterocycles. The average Bonchev–Trinajstić information content (AvgIpc) is 3.19. The number of aliphatic hydroxyl groups excluding tert-OH is 1. The number of carbonyl (C=O) groups excluding carboxylic acids is 1. The number of aliphatic hydroxyl groups is 1. The highest BCUT2D eigenvalue weighted by Gasteiger charge is 2.28. The molecule has 0 aliphatic carbocycles. The van der Waals surface area contributed by atoms with Gasteiger partial charge < -0.3 is 10.0 Å². The van der Waals surface area contributed by atoms with Gasteiger partial charge in [0.15, 0.2) is 0 Å². The fourth-order valence-corrected chi connectivity index (χ4v) is 4.13. The third-order valence-corrected chi connectivity index (χ3v) is 5.87. The van der Waals surface area contributed by atoms with Crippen LogP contribution in [-0.4, -0.2) is 53.5 Å². The van der Waals surface area contributed by atoms with Gasteiger partial charge in [-0.05, 0) is 23.4 Å². The molecule has 2 aromatic rings. The molecule has 0 radical (unpaired) electrons. The highest BCUT2D eigenvalue weighted by atomic mass is 32.1. The predicted octanol–water partition coefficient (Wildman–Crippen LogP) is 3.12. The van der Waals surface area contributed by atoms with Crippen LogP contribution in [0.5, 0.6) is 0 Å². The highest BCUT2D eigenvalue weighted by molar-refractivity contribution is 7.10. The summed E-state index contributed by atoms with van der Waals surface area (Å²) in [5.41, 5.74) is 1.10. The minimum atomic E-state index is -0.435. The van der Waals surface area contributed by atoms with Crippen LogP contribution in [0.4, 0.5) is 0 Å². The van der Waals surface area contributed by atoms with Crippen molar-refractivity contribution in [2.24, 2.45) is 0 Å². The SMILES string of the molecule is CCC(C(=O)N1CCN(CC(O)c2cccs2)CC1)c1ccccc1. The number of amides is 1. The van der Waals surface area contributed by atoms with Crippen LogP contribution in [0.25, 0.3) is 0 Å². The number of nitrogens with zero attached hydrogens (tertiary/aromatic N) is 2. The van der Waals surface area contributed by atoms with Crippen molar-refractivity contribution in [2.75, 3.05) is 32.7 Å². The van der Waals surface area contributed by atoms with Gasteiger partial charge in [0.1, 0.15) is 6.10 Å². The zero-order chi connectivity index (χ0) is 17.6. The molecule has 25 heavy (non-hydrogen) atoms. The number of benzene rings is 1. The van der Waals surface area contributed by atoms with Gasteiger partial charge in [0.2, 0.25) is 5.91 Å². The Labute approximate surface area is 153 Å². The van der Waals surface area contributed by atoms with Crippen molar-refractivity contribution in [3.05, 3.63) is 58.3 Å². The molecule has 1 aromatic carbocycles. The largest absolute Gasteiger partial charge is 0.386 e. The summed E-state index contributed by atoms with van der Waals surface area (Å²) in [4.78, 5) is 18.1. The molecule has 1 amide bonds. The normalized spacial score (nSPS) is 18.1. The van der Waals surface area contributed by atoms with Gasteiger partial charge in [-0.2, -0.15) is 0 Å². The Bertz CT molecular complexity index is 652. The lowest BCUT2D eigenvalue weighted by Crippen LogP contribution is -2.50. The molecule has 2 unspecified atom stereocenters. The molecule has 1 saturated heterocycles. The predicted molar refractivity (Wildman–Crippen MR) is 102 cm³/mol. The minimum absolute atomic E-state index is 0.0514. The summed E-state index contributed by atoms with van der Waals surface area (Å²) in [5.74, 6) is 0.177. The fraction of sp³-hybridized carbons (Fsp3) is 0.450. The van der Waals surface area contributed by atoms with Crippen molar-refractivity contribution >= 4 is 17.2 Å². The maximum absolute atomic E-state index is 12.9. The monoisotopic (exact) mass is 358 g/mol. The third kappa shape index (κ3) is 4.48. The molecule has 2 atom stereocenters. The van der Waals surface area contributed by atoms with Gasteiger partial charge in [-0.1, -0.05) is 43.3 Å². The van der Waals surface area contributed by atoms with Crippen LogP contribution >= 0.6 is 11.3 Å². The lowest BCUT2D eigenvalue weighted by atomic mass is 9.95. The molecule has 1 aliphatic heterocycles. The molecule has 0 bridgehead atoms. The molecule has 134 valence electrons. The van der Waals surface area contributed by atoms with E-state index < -0.39 is 6.10 Å². The van der Waals surface area contributed by atoms with E-state index in [0.717, 1.165) is 43.0 Å². The van der Waals surface area contributed by atoms with E-state index in [0.29, 0.717) is 6.54 Å². The van der Waals surface area contributed by atoms with E-state index in [2.05, 4.69) is 11.8 Å². The van der Waals surface area contributed by atoms with Crippen molar-refractivity contribution in [1.29, 1.82) is 0 Å². The number of piperazine rings is 1. The Morgan fingerprint density at radius 3 is 2.44 bits per heavy atom. The van der Waals surface area contributed by atoms with Crippen LogP contribution in [0.15, 0.2) is 47.8 Å². The van der Waals surface area contributed by atoms with Crippen molar-refractivity contribution in [3.8, 4) is 0 Å². The van der Waals surface area contributed by atoms with Crippen LogP contribution in [0.1, 0.15) is 35.8 Å². The van der Waals surface area contributed by atoms with Crippen molar-refractivity contribution in [1.82, 2.24) is 9.80 Å². The van der Waals surface area contributed by atoms with Crippen molar-refractivity contribution in [3.63, 3.8) is 0 Å². The lowest BCUT2D eigenvalue weighted by molar-refractivity contribution is -0.134. The van der Waals surface area contributed by atoms with E-state index in [-0.39, 0.29) is 11.8 Å². The summed E-state index contributed by atoms with van der Waals surface area (Å²) >= 11 is 1.59. The molecular formula is C20H26N2O2S. The molecule has 2 heterocycles. The van der Waals surface area contributed by atoms with Crippen molar-refractivity contribution in [2.45, 2.75) is 25.4 Å². The lowest BCUT2D eigenvalue weighted by Gasteiger charge is -2.37. The number of carbonyl (C=O) groups is 1. The fourth-order valence-electron chi connectivity index (χ4n) is 3.42. The first-order valence-corrected chi connectivity index (χ1v) is 9.84. The van der Waals surface area contributed by atoms with E-state index >= 15 is 0 Å². The zero-order valence-electron chi connectivity index (χ0n) is 14.7. The molecule has 1 fully saturated rings. The Kier molecular flexibility index (Phi) is 6.24. The molecule has 4 nitrogen and oxygen atoms in total. The second-order valence-electron chi connectivity index (χ2n) is 6.53. The zero-order valence-corrected chi connectivity index (χ0v) is 15.5. The number of hydrogen-bond donors (Lipinski definition) is 1. The topological polar surface area (TPSA) is 43.8 Å². The third-order valence-electron chi connectivity index (χ3n) is 4.89. The molecular weight excluding hydrogens is 332 g/mol.